The van der Waals surface area contributed by atoms with Gasteiger partial charge in [0.1, 0.15) is 0 Å². The van der Waals surface area contributed by atoms with Gasteiger partial charge < -0.3 is 4.90 Å². The Kier molecular flexibility index (Phi) is 4.88. The molecule has 0 saturated heterocycles. The molecule has 2 nitrogen and oxygen atoms in total. The molecule has 1 aliphatic rings. The lowest BCUT2D eigenvalue weighted by molar-refractivity contribution is -0.115. The number of rotatable bonds is 1. The van der Waals surface area contributed by atoms with Crippen LogP contribution in [0.15, 0.2) is 24.3 Å². The highest BCUT2D eigenvalue weighted by Gasteiger charge is 2.05. The number of fused-ring (bicyclic) bond motifs is 1. The van der Waals surface area contributed by atoms with Crippen molar-refractivity contribution in [3.8, 4) is 0 Å². The zero-order valence-corrected chi connectivity index (χ0v) is 9.57. The van der Waals surface area contributed by atoms with Crippen molar-refractivity contribution in [3.05, 3.63) is 35.4 Å². The van der Waals surface area contributed by atoms with Crippen LogP contribution in [0.1, 0.15) is 24.0 Å². The molecule has 2 rings (SSSR count). The molecule has 0 saturated carbocycles. The Morgan fingerprint density at radius 1 is 1.07 bits per heavy atom. The van der Waals surface area contributed by atoms with E-state index >= 15 is 0 Å². The van der Waals surface area contributed by atoms with E-state index in [0.717, 1.165) is 6.41 Å². The summed E-state index contributed by atoms with van der Waals surface area (Å²) in [5.41, 5.74) is 3.16. The summed E-state index contributed by atoms with van der Waals surface area (Å²) in [5, 5.41) is 0. The third-order valence-corrected chi connectivity index (χ3v) is 2.47. The van der Waals surface area contributed by atoms with E-state index in [1.165, 1.54) is 30.6 Å². The second-order valence-corrected chi connectivity index (χ2v) is 4.04. The lowest BCUT2D eigenvalue weighted by atomic mass is 9.92. The lowest BCUT2D eigenvalue weighted by Gasteiger charge is -2.13. The quantitative estimate of drug-likeness (QED) is 0.644. The number of hydrogen-bond acceptors (Lipinski definition) is 1. The molecular formula is C13H19NO. The maximum atomic E-state index is 9.43. The van der Waals surface area contributed by atoms with Crippen LogP contribution in [0.25, 0.3) is 0 Å². The summed E-state index contributed by atoms with van der Waals surface area (Å²) in [6.45, 7) is 0. The highest BCUT2D eigenvalue weighted by molar-refractivity contribution is 5.45. The average molecular weight is 205 g/mol. The number of benzene rings is 1. The number of nitrogens with zero attached hydrogens (tertiary/aromatic N) is 1. The van der Waals surface area contributed by atoms with Gasteiger partial charge >= 0.3 is 0 Å². The van der Waals surface area contributed by atoms with E-state index in [9.17, 15) is 4.79 Å². The standard InChI is InChI=1S/C10H12.C3H7NO/c1-2-6-10-8-4-3-7-9(10)5-1;1-4(2)3-5/h1-2,5-6H,3-4,7-8H2;3H,1-2H3. The van der Waals surface area contributed by atoms with E-state index in [1.807, 2.05) is 0 Å². The van der Waals surface area contributed by atoms with Gasteiger partial charge in [-0.15, -0.1) is 0 Å². The molecule has 0 atom stereocenters. The van der Waals surface area contributed by atoms with Crippen LogP contribution in [0.3, 0.4) is 0 Å². The summed E-state index contributed by atoms with van der Waals surface area (Å²) in [5.74, 6) is 0. The molecule has 1 aliphatic carbocycles. The monoisotopic (exact) mass is 205 g/mol. The molecule has 0 N–H and O–H groups in total. The van der Waals surface area contributed by atoms with E-state index < -0.39 is 0 Å². The van der Waals surface area contributed by atoms with Crippen LogP contribution in [0.5, 0.6) is 0 Å². The van der Waals surface area contributed by atoms with Crippen molar-refractivity contribution in [2.75, 3.05) is 14.1 Å². The molecular weight excluding hydrogens is 186 g/mol. The van der Waals surface area contributed by atoms with Gasteiger partial charge in [-0.3, -0.25) is 4.79 Å². The largest absolute Gasteiger partial charge is 0.351 e. The zero-order valence-electron chi connectivity index (χ0n) is 9.57. The minimum atomic E-state index is 0.750. The van der Waals surface area contributed by atoms with Crippen molar-refractivity contribution < 1.29 is 4.79 Å². The van der Waals surface area contributed by atoms with Crippen molar-refractivity contribution in [1.29, 1.82) is 0 Å². The van der Waals surface area contributed by atoms with Crippen LogP contribution in [0, 0.1) is 0 Å². The number of carbonyl (C=O) groups is 1. The summed E-state index contributed by atoms with van der Waals surface area (Å²) in [4.78, 5) is 10.9. The zero-order chi connectivity index (χ0) is 11.1. The fourth-order valence-electron chi connectivity index (χ4n) is 1.68. The Morgan fingerprint density at radius 3 is 1.80 bits per heavy atom. The average Bonchev–Trinajstić information content (AvgIpc) is 2.30. The van der Waals surface area contributed by atoms with Gasteiger partial charge in [-0.25, -0.2) is 0 Å². The molecule has 1 aromatic carbocycles. The number of hydrogen-bond donors (Lipinski definition) is 0. The highest BCUT2D eigenvalue weighted by atomic mass is 16.1. The molecule has 0 radical (unpaired) electrons. The topological polar surface area (TPSA) is 20.3 Å². The first-order chi connectivity index (χ1) is 7.24. The van der Waals surface area contributed by atoms with Gasteiger partial charge in [-0.05, 0) is 36.8 Å². The normalized spacial score (nSPS) is 13.2. The van der Waals surface area contributed by atoms with E-state index in [1.54, 1.807) is 25.2 Å². The summed E-state index contributed by atoms with van der Waals surface area (Å²) in [6, 6.07) is 8.80. The summed E-state index contributed by atoms with van der Waals surface area (Å²) in [7, 11) is 3.38. The van der Waals surface area contributed by atoms with Gasteiger partial charge in [0.25, 0.3) is 0 Å². The van der Waals surface area contributed by atoms with Crippen molar-refractivity contribution in [2.24, 2.45) is 0 Å². The molecule has 0 spiro atoms. The molecule has 0 fully saturated rings. The fraction of sp³-hybridized carbons (Fsp3) is 0.462. The van der Waals surface area contributed by atoms with Gasteiger partial charge in [-0.1, -0.05) is 24.3 Å². The second kappa shape index (κ2) is 6.23. The Bertz CT molecular complexity index is 282. The number of aryl methyl sites for hydroxylation is 2. The first-order valence-corrected chi connectivity index (χ1v) is 5.42. The fourth-order valence-corrected chi connectivity index (χ4v) is 1.68. The maximum Gasteiger partial charge on any atom is 0.209 e. The number of carbonyl (C=O) groups excluding carboxylic acids is 1. The van der Waals surface area contributed by atoms with E-state index in [4.69, 9.17) is 0 Å². The Morgan fingerprint density at radius 2 is 1.47 bits per heavy atom. The van der Waals surface area contributed by atoms with E-state index in [0.29, 0.717) is 0 Å². The molecule has 0 aliphatic heterocycles. The first-order valence-electron chi connectivity index (χ1n) is 5.42. The Hall–Kier alpha value is -1.31. The van der Waals surface area contributed by atoms with Crippen LogP contribution >= 0.6 is 0 Å². The number of amides is 1. The molecule has 0 aromatic heterocycles. The van der Waals surface area contributed by atoms with Gasteiger partial charge in [0, 0.05) is 14.1 Å². The molecule has 15 heavy (non-hydrogen) atoms. The van der Waals surface area contributed by atoms with E-state index in [-0.39, 0.29) is 0 Å². The minimum Gasteiger partial charge on any atom is -0.351 e. The van der Waals surface area contributed by atoms with Gasteiger partial charge in [0.05, 0.1) is 0 Å². The smallest absolute Gasteiger partial charge is 0.209 e. The maximum absolute atomic E-state index is 9.43. The van der Waals surface area contributed by atoms with Crippen LogP contribution in [0.4, 0.5) is 0 Å². The van der Waals surface area contributed by atoms with Crippen molar-refractivity contribution in [3.63, 3.8) is 0 Å². The molecule has 82 valence electrons. The Balaban J connectivity index is 0.000000195. The second-order valence-electron chi connectivity index (χ2n) is 4.04. The van der Waals surface area contributed by atoms with Crippen molar-refractivity contribution in [1.82, 2.24) is 4.90 Å². The first kappa shape index (κ1) is 11.8. The lowest BCUT2D eigenvalue weighted by Crippen LogP contribution is -2.06. The predicted molar refractivity (Wildman–Crippen MR) is 62.8 cm³/mol. The third-order valence-electron chi connectivity index (χ3n) is 2.47. The van der Waals surface area contributed by atoms with Crippen LogP contribution < -0.4 is 0 Å². The van der Waals surface area contributed by atoms with Crippen LogP contribution in [-0.2, 0) is 17.6 Å². The van der Waals surface area contributed by atoms with Crippen molar-refractivity contribution in [2.45, 2.75) is 25.7 Å². The Labute approximate surface area is 91.9 Å². The van der Waals surface area contributed by atoms with Crippen LogP contribution in [-0.4, -0.2) is 25.4 Å². The van der Waals surface area contributed by atoms with Gasteiger partial charge in [0.15, 0.2) is 0 Å². The van der Waals surface area contributed by atoms with Crippen molar-refractivity contribution >= 4 is 6.41 Å². The third kappa shape index (κ3) is 4.15. The molecule has 1 aromatic rings. The highest BCUT2D eigenvalue weighted by Crippen LogP contribution is 2.19. The summed E-state index contributed by atoms with van der Waals surface area (Å²) < 4.78 is 0. The van der Waals surface area contributed by atoms with Gasteiger partial charge in [-0.2, -0.15) is 0 Å². The summed E-state index contributed by atoms with van der Waals surface area (Å²) >= 11 is 0. The molecule has 2 heteroatoms. The van der Waals surface area contributed by atoms with Crippen LogP contribution in [0.2, 0.25) is 0 Å². The van der Waals surface area contributed by atoms with E-state index in [2.05, 4.69) is 24.3 Å². The molecule has 0 unspecified atom stereocenters. The molecule has 1 amide bonds. The SMILES string of the molecule is CN(C)C=O.c1ccc2c(c1)CCCC2. The summed E-state index contributed by atoms with van der Waals surface area (Å²) in [6.07, 6.45) is 6.13. The minimum absolute atomic E-state index is 0.750. The predicted octanol–water partition coefficient (Wildman–Crippen LogP) is 2.27. The molecule has 0 bridgehead atoms. The van der Waals surface area contributed by atoms with Gasteiger partial charge in [0.2, 0.25) is 6.41 Å². The molecule has 0 heterocycles.